The number of likely N-dealkylation sites (N-methyl/N-ethyl adjacent to an activating group) is 1. The van der Waals surface area contributed by atoms with E-state index in [1.54, 1.807) is 29.2 Å². The van der Waals surface area contributed by atoms with Crippen LogP contribution in [-0.2, 0) is 9.84 Å². The zero-order valence-electron chi connectivity index (χ0n) is 15.7. The normalized spacial score (nSPS) is 11.9. The third-order valence-corrected chi connectivity index (χ3v) is 6.81. The summed E-state index contributed by atoms with van der Waals surface area (Å²) in [5.41, 5.74) is 0.952. The van der Waals surface area contributed by atoms with Gasteiger partial charge in [-0.05, 0) is 50.5 Å². The van der Waals surface area contributed by atoms with Gasteiger partial charge in [-0.3, -0.25) is 9.69 Å². The summed E-state index contributed by atoms with van der Waals surface area (Å²) in [6, 6.07) is 12.2. The summed E-state index contributed by atoms with van der Waals surface area (Å²) >= 11 is 4.69. The first-order valence-electron chi connectivity index (χ1n) is 8.48. The molecule has 3 aromatic rings. The Morgan fingerprint density at radius 1 is 1.11 bits per heavy atom. The molecule has 0 atom stereocenters. The Morgan fingerprint density at radius 2 is 1.79 bits per heavy atom. The topological polar surface area (TPSA) is 70.6 Å². The molecule has 0 bridgehead atoms. The van der Waals surface area contributed by atoms with E-state index in [-0.39, 0.29) is 10.8 Å². The van der Waals surface area contributed by atoms with Crippen LogP contribution in [0.2, 0.25) is 0 Å². The Bertz CT molecular complexity index is 1110. The quantitative estimate of drug-likeness (QED) is 0.536. The fraction of sp³-hybridized carbons (Fsp3) is 0.263. The predicted molar refractivity (Wildman–Crippen MR) is 117 cm³/mol. The van der Waals surface area contributed by atoms with Gasteiger partial charge < -0.3 is 4.90 Å². The summed E-state index contributed by atoms with van der Waals surface area (Å²) in [7, 11) is 0.448. The van der Waals surface area contributed by atoms with Crippen LogP contribution in [0.5, 0.6) is 0 Å². The first-order valence-corrected chi connectivity index (χ1v) is 12.0. The van der Waals surface area contributed by atoms with E-state index in [9.17, 15) is 13.2 Å². The van der Waals surface area contributed by atoms with Crippen molar-refractivity contribution in [3.05, 3.63) is 52.5 Å². The molecule has 148 valence electrons. The van der Waals surface area contributed by atoms with Gasteiger partial charge in [-0.15, -0.1) is 0 Å². The van der Waals surface area contributed by atoms with Crippen molar-refractivity contribution in [2.24, 2.45) is 0 Å². The average Bonchev–Trinajstić information content (AvgIpc) is 3.04. The minimum Gasteiger partial charge on any atom is -0.308 e. The lowest BCUT2D eigenvalue weighted by atomic mass is 10.2. The second kappa shape index (κ2) is 8.28. The monoisotopic (exact) mass is 481 g/mol. The predicted octanol–water partition coefficient (Wildman–Crippen LogP) is 3.67. The number of carbonyl (C=O) groups excluding carboxylic acids is 1. The minimum absolute atomic E-state index is 0.172. The lowest BCUT2D eigenvalue weighted by molar-refractivity contribution is 0.0985. The Labute approximate surface area is 176 Å². The van der Waals surface area contributed by atoms with Gasteiger partial charge in [0, 0.05) is 29.4 Å². The zero-order chi connectivity index (χ0) is 20.5. The van der Waals surface area contributed by atoms with Crippen LogP contribution < -0.4 is 4.90 Å². The molecule has 0 spiro atoms. The van der Waals surface area contributed by atoms with E-state index in [0.29, 0.717) is 29.3 Å². The van der Waals surface area contributed by atoms with Crippen molar-refractivity contribution in [1.82, 2.24) is 9.88 Å². The zero-order valence-corrected chi connectivity index (χ0v) is 18.9. The van der Waals surface area contributed by atoms with Crippen LogP contribution in [0.25, 0.3) is 10.2 Å². The Kier molecular flexibility index (Phi) is 6.18. The van der Waals surface area contributed by atoms with E-state index >= 15 is 0 Å². The smallest absolute Gasteiger partial charge is 0.260 e. The van der Waals surface area contributed by atoms with Crippen LogP contribution in [0.15, 0.2) is 51.8 Å². The molecule has 0 aliphatic rings. The number of benzene rings is 2. The summed E-state index contributed by atoms with van der Waals surface area (Å²) in [6.45, 7) is 1.09. The van der Waals surface area contributed by atoms with Crippen molar-refractivity contribution in [3.63, 3.8) is 0 Å². The standard InChI is InChI=1S/C19H20BrN3O3S2/c1-22(2)11-12-23(18(24)13-7-9-14(20)10-8-13)19-21-17-15(27-19)5-4-6-16(17)28(3,25)26/h4-10H,11-12H2,1-3H3. The van der Waals surface area contributed by atoms with Gasteiger partial charge in [0.25, 0.3) is 5.91 Å². The molecule has 3 rings (SSSR count). The molecule has 6 nitrogen and oxygen atoms in total. The van der Waals surface area contributed by atoms with E-state index in [1.165, 1.54) is 11.3 Å². The summed E-state index contributed by atoms with van der Waals surface area (Å²) < 4.78 is 25.8. The van der Waals surface area contributed by atoms with Gasteiger partial charge in [-0.1, -0.05) is 33.3 Å². The maximum absolute atomic E-state index is 13.2. The Morgan fingerprint density at radius 3 is 2.39 bits per heavy atom. The van der Waals surface area contributed by atoms with Crippen molar-refractivity contribution in [2.75, 3.05) is 38.3 Å². The highest BCUT2D eigenvalue weighted by molar-refractivity contribution is 9.10. The fourth-order valence-electron chi connectivity index (χ4n) is 2.66. The molecule has 1 heterocycles. The van der Waals surface area contributed by atoms with Crippen molar-refractivity contribution < 1.29 is 13.2 Å². The molecule has 0 saturated carbocycles. The van der Waals surface area contributed by atoms with Crippen molar-refractivity contribution in [1.29, 1.82) is 0 Å². The number of hydrogen-bond acceptors (Lipinski definition) is 6. The molecule has 1 amide bonds. The highest BCUT2D eigenvalue weighted by atomic mass is 79.9. The van der Waals surface area contributed by atoms with Crippen LogP contribution in [0.1, 0.15) is 10.4 Å². The number of rotatable bonds is 6. The number of sulfone groups is 1. The molecule has 0 aliphatic carbocycles. The van der Waals surface area contributed by atoms with Crippen LogP contribution >= 0.6 is 27.3 Å². The SMILES string of the molecule is CN(C)CCN(C(=O)c1ccc(Br)cc1)c1nc2c(S(C)(=O)=O)cccc2s1. The second-order valence-corrected chi connectivity index (χ2v) is 10.5. The molecule has 0 radical (unpaired) electrons. The molecular formula is C19H20BrN3O3S2. The molecule has 9 heteroatoms. The second-order valence-electron chi connectivity index (χ2n) is 6.64. The number of para-hydroxylation sites is 1. The maximum atomic E-state index is 13.2. The first-order chi connectivity index (χ1) is 13.2. The number of nitrogens with zero attached hydrogens (tertiary/aromatic N) is 3. The highest BCUT2D eigenvalue weighted by Gasteiger charge is 2.23. The van der Waals surface area contributed by atoms with E-state index < -0.39 is 9.84 Å². The Balaban J connectivity index is 2.07. The first kappa shape index (κ1) is 20.9. The molecule has 0 saturated heterocycles. The fourth-order valence-corrected chi connectivity index (χ4v) is 4.84. The maximum Gasteiger partial charge on any atom is 0.260 e. The van der Waals surface area contributed by atoms with Gasteiger partial charge in [0.1, 0.15) is 5.52 Å². The number of thiazole rings is 1. The molecule has 0 fully saturated rings. The van der Waals surface area contributed by atoms with Crippen molar-refractivity contribution in [3.8, 4) is 0 Å². The third kappa shape index (κ3) is 4.60. The molecule has 2 aromatic carbocycles. The van der Waals surface area contributed by atoms with Crippen LogP contribution in [-0.4, -0.2) is 57.6 Å². The number of carbonyl (C=O) groups is 1. The number of amides is 1. The van der Waals surface area contributed by atoms with E-state index in [4.69, 9.17) is 0 Å². The highest BCUT2D eigenvalue weighted by Crippen LogP contribution is 2.33. The number of aromatic nitrogens is 1. The van der Waals surface area contributed by atoms with Gasteiger partial charge in [-0.2, -0.15) is 0 Å². The van der Waals surface area contributed by atoms with Crippen molar-refractivity contribution >= 4 is 58.4 Å². The Hall–Kier alpha value is -1.81. The lowest BCUT2D eigenvalue weighted by Crippen LogP contribution is -2.36. The lowest BCUT2D eigenvalue weighted by Gasteiger charge is -2.22. The van der Waals surface area contributed by atoms with Gasteiger partial charge in [0.2, 0.25) is 0 Å². The van der Waals surface area contributed by atoms with Crippen molar-refractivity contribution in [2.45, 2.75) is 4.90 Å². The van der Waals surface area contributed by atoms with Crippen LogP contribution in [0, 0.1) is 0 Å². The number of fused-ring (bicyclic) bond motifs is 1. The summed E-state index contributed by atoms with van der Waals surface area (Å²) in [5, 5.41) is 0.487. The number of halogens is 1. The third-order valence-electron chi connectivity index (χ3n) is 4.11. The van der Waals surface area contributed by atoms with Gasteiger partial charge >= 0.3 is 0 Å². The van der Waals surface area contributed by atoms with E-state index in [1.807, 2.05) is 37.2 Å². The molecule has 28 heavy (non-hydrogen) atoms. The molecule has 0 aliphatic heterocycles. The molecular weight excluding hydrogens is 462 g/mol. The summed E-state index contributed by atoms with van der Waals surface area (Å²) in [4.78, 5) is 21.5. The number of hydrogen-bond donors (Lipinski definition) is 0. The van der Waals surface area contributed by atoms with Gasteiger partial charge in [-0.25, -0.2) is 13.4 Å². The van der Waals surface area contributed by atoms with Gasteiger partial charge in [0.15, 0.2) is 15.0 Å². The van der Waals surface area contributed by atoms with Gasteiger partial charge in [0.05, 0.1) is 9.60 Å². The molecule has 1 aromatic heterocycles. The summed E-state index contributed by atoms with van der Waals surface area (Å²) in [5.74, 6) is -0.172. The number of anilines is 1. The summed E-state index contributed by atoms with van der Waals surface area (Å²) in [6.07, 6.45) is 1.16. The van der Waals surface area contributed by atoms with Crippen LogP contribution in [0.3, 0.4) is 0 Å². The largest absolute Gasteiger partial charge is 0.308 e. The van der Waals surface area contributed by atoms with E-state index in [0.717, 1.165) is 15.4 Å². The van der Waals surface area contributed by atoms with E-state index in [2.05, 4.69) is 20.9 Å². The molecule has 0 N–H and O–H groups in total. The molecule has 0 unspecified atom stereocenters. The average molecular weight is 482 g/mol. The van der Waals surface area contributed by atoms with Crippen LogP contribution in [0.4, 0.5) is 5.13 Å². The minimum atomic E-state index is -3.42.